The first-order valence-corrected chi connectivity index (χ1v) is 4.93. The van der Waals surface area contributed by atoms with Crippen LogP contribution in [0.25, 0.3) is 0 Å². The van der Waals surface area contributed by atoms with Gasteiger partial charge < -0.3 is 0 Å². The minimum Gasteiger partial charge on any atom is -0.297 e. The van der Waals surface area contributed by atoms with E-state index in [2.05, 4.69) is 16.7 Å². The lowest BCUT2D eigenvalue weighted by Gasteiger charge is -1.89. The van der Waals surface area contributed by atoms with E-state index in [1.54, 1.807) is 0 Å². The first-order valence-electron chi connectivity index (χ1n) is 1.81. The van der Waals surface area contributed by atoms with Gasteiger partial charge in [0.1, 0.15) is 9.68 Å². The summed E-state index contributed by atoms with van der Waals surface area (Å²) in [5.41, 5.74) is 0. The Morgan fingerprint density at radius 1 is 1.80 bits per heavy atom. The molecular formula is CH10N2Si2. The zero-order valence-electron chi connectivity index (χ0n) is 3.71. The van der Waals surface area contributed by atoms with Crippen molar-refractivity contribution in [2.45, 2.75) is 6.55 Å². The van der Waals surface area contributed by atoms with Gasteiger partial charge in [-0.15, -0.1) is 0 Å². The highest BCUT2D eigenvalue weighted by Crippen LogP contribution is 1.30. The molecule has 0 aliphatic rings. The van der Waals surface area contributed by atoms with Crippen LogP contribution in [0.5, 0.6) is 0 Å². The smallest absolute Gasteiger partial charge is 0.106 e. The minimum atomic E-state index is 0.0876. The van der Waals surface area contributed by atoms with Gasteiger partial charge in [-0.2, -0.15) is 0 Å². The average molecular weight is 106 g/mol. The van der Waals surface area contributed by atoms with Crippen LogP contribution in [0.3, 0.4) is 0 Å². The van der Waals surface area contributed by atoms with Gasteiger partial charge in [0.05, 0.1) is 10.4 Å². The quantitative estimate of drug-likeness (QED) is 0.300. The van der Waals surface area contributed by atoms with Gasteiger partial charge in [0.25, 0.3) is 0 Å². The molecule has 32 valence electrons. The Morgan fingerprint density at radius 2 is 2.40 bits per heavy atom. The number of rotatable bonds is 2. The van der Waals surface area contributed by atoms with Crippen molar-refractivity contribution in [3.05, 3.63) is 0 Å². The summed E-state index contributed by atoms with van der Waals surface area (Å²) >= 11 is 0. The number of hydrogen-bond donors (Lipinski definition) is 2. The van der Waals surface area contributed by atoms with Gasteiger partial charge in [0.15, 0.2) is 0 Å². The third-order valence-corrected chi connectivity index (χ3v) is 2.12. The summed E-state index contributed by atoms with van der Waals surface area (Å²) in [6.07, 6.45) is 0. The molecule has 0 radical (unpaired) electrons. The Morgan fingerprint density at radius 3 is 2.40 bits per heavy atom. The highest BCUT2D eigenvalue weighted by Gasteiger charge is 1.61. The summed E-state index contributed by atoms with van der Waals surface area (Å²) in [5, 5.41) is 6.03. The van der Waals surface area contributed by atoms with Crippen molar-refractivity contribution >= 4 is 20.1 Å². The highest BCUT2D eigenvalue weighted by molar-refractivity contribution is 6.30. The SMILES string of the molecule is C[SiH2]NN[SiH3]. The van der Waals surface area contributed by atoms with E-state index in [-0.39, 0.29) is 9.68 Å². The summed E-state index contributed by atoms with van der Waals surface area (Å²) in [7, 11) is 1.16. The van der Waals surface area contributed by atoms with Crippen LogP contribution >= 0.6 is 0 Å². The molecule has 0 atom stereocenters. The van der Waals surface area contributed by atoms with Crippen molar-refractivity contribution in [2.24, 2.45) is 0 Å². The predicted octanol–water partition coefficient (Wildman–Crippen LogP) is -2.51. The van der Waals surface area contributed by atoms with E-state index < -0.39 is 0 Å². The second-order valence-corrected chi connectivity index (χ2v) is 2.34. The van der Waals surface area contributed by atoms with Crippen molar-refractivity contribution in [1.29, 1.82) is 0 Å². The Hall–Kier alpha value is 0.354. The summed E-state index contributed by atoms with van der Waals surface area (Å²) < 4.78 is 0. The van der Waals surface area contributed by atoms with Crippen LogP contribution in [-0.4, -0.2) is 20.1 Å². The van der Waals surface area contributed by atoms with Crippen LogP contribution in [0.1, 0.15) is 0 Å². The maximum atomic E-state index is 3.06. The normalized spacial score (nSPS) is 11.4. The van der Waals surface area contributed by atoms with Gasteiger partial charge in [-0.1, -0.05) is 6.55 Å². The molecule has 0 bridgehead atoms. The van der Waals surface area contributed by atoms with Crippen LogP contribution in [0.4, 0.5) is 0 Å². The molecule has 0 heterocycles. The van der Waals surface area contributed by atoms with E-state index in [4.69, 9.17) is 0 Å². The fourth-order valence-electron chi connectivity index (χ4n) is 0.177. The molecule has 0 saturated heterocycles. The molecule has 2 N–H and O–H groups in total. The lowest BCUT2D eigenvalue weighted by molar-refractivity contribution is 0.951. The van der Waals surface area contributed by atoms with E-state index >= 15 is 0 Å². The van der Waals surface area contributed by atoms with Crippen molar-refractivity contribution in [1.82, 2.24) is 10.2 Å². The minimum absolute atomic E-state index is 0.0876. The fourth-order valence-corrected chi connectivity index (χ4v) is 1.59. The van der Waals surface area contributed by atoms with Gasteiger partial charge >= 0.3 is 0 Å². The maximum absolute atomic E-state index is 3.06. The molecule has 0 aliphatic heterocycles. The highest BCUT2D eigenvalue weighted by atomic mass is 28.2. The lowest BCUT2D eigenvalue weighted by Crippen LogP contribution is -2.30. The van der Waals surface area contributed by atoms with Crippen LogP contribution in [-0.2, 0) is 0 Å². The molecule has 2 nitrogen and oxygen atoms in total. The molecule has 0 unspecified atom stereocenters. The summed E-state index contributed by atoms with van der Waals surface area (Å²) in [4.78, 5) is 0. The predicted molar refractivity (Wildman–Crippen MR) is 30.6 cm³/mol. The first-order chi connectivity index (χ1) is 2.41. The van der Waals surface area contributed by atoms with E-state index in [1.165, 1.54) is 0 Å². The van der Waals surface area contributed by atoms with Crippen molar-refractivity contribution in [3.63, 3.8) is 0 Å². The molecule has 0 amide bonds. The summed E-state index contributed by atoms with van der Waals surface area (Å²) in [6.45, 7) is 2.20. The fraction of sp³-hybridized carbons (Fsp3) is 1.00. The zero-order valence-corrected chi connectivity index (χ0v) is 7.12. The molecule has 0 aromatic heterocycles. The van der Waals surface area contributed by atoms with E-state index in [0.717, 1.165) is 10.4 Å². The summed E-state index contributed by atoms with van der Waals surface area (Å²) in [5.74, 6) is 0. The van der Waals surface area contributed by atoms with E-state index in [9.17, 15) is 0 Å². The van der Waals surface area contributed by atoms with Crippen LogP contribution in [0, 0.1) is 0 Å². The third kappa shape index (κ3) is 4.35. The van der Waals surface area contributed by atoms with Crippen molar-refractivity contribution < 1.29 is 0 Å². The molecule has 0 saturated carbocycles. The molecule has 0 aromatic rings. The standard InChI is InChI=1S/CH10N2Si2/c1-5-3-2-4/h2-3H,5H2,1,4H3. The Balaban J connectivity index is 2.19. The third-order valence-electron chi connectivity index (χ3n) is 0.354. The van der Waals surface area contributed by atoms with Crippen molar-refractivity contribution in [3.8, 4) is 0 Å². The Bertz CT molecular complexity index is 15.1. The molecule has 0 aromatic carbocycles. The monoisotopic (exact) mass is 106 g/mol. The second-order valence-electron chi connectivity index (χ2n) is 0.780. The van der Waals surface area contributed by atoms with E-state index in [1.807, 2.05) is 0 Å². The largest absolute Gasteiger partial charge is 0.297 e. The molecule has 0 fully saturated rings. The van der Waals surface area contributed by atoms with Crippen LogP contribution in [0.15, 0.2) is 0 Å². The van der Waals surface area contributed by atoms with Gasteiger partial charge in [-0.25, -0.2) is 0 Å². The zero-order chi connectivity index (χ0) is 4.12. The maximum Gasteiger partial charge on any atom is 0.106 e. The molecule has 0 aliphatic carbocycles. The van der Waals surface area contributed by atoms with Gasteiger partial charge in [-0.3, -0.25) is 10.2 Å². The molecular weight excluding hydrogens is 96.2 g/mol. The summed E-state index contributed by atoms with van der Waals surface area (Å²) in [6, 6.07) is 0. The number of hydrogen-bond acceptors (Lipinski definition) is 2. The van der Waals surface area contributed by atoms with Gasteiger partial charge in [0, 0.05) is 0 Å². The van der Waals surface area contributed by atoms with Crippen LogP contribution < -0.4 is 10.2 Å². The first kappa shape index (κ1) is 5.35. The van der Waals surface area contributed by atoms with Gasteiger partial charge in [-0.05, 0) is 0 Å². The lowest BCUT2D eigenvalue weighted by atomic mass is 11.9. The van der Waals surface area contributed by atoms with Crippen LogP contribution in [0.2, 0.25) is 6.55 Å². The molecule has 0 rings (SSSR count). The Labute approximate surface area is 37.7 Å². The van der Waals surface area contributed by atoms with E-state index in [0.29, 0.717) is 0 Å². The van der Waals surface area contributed by atoms with Crippen molar-refractivity contribution in [2.75, 3.05) is 0 Å². The number of hydrazine groups is 1. The molecule has 4 heteroatoms. The second kappa shape index (κ2) is 4.35. The molecule has 0 spiro atoms. The Kier molecular flexibility index (Phi) is 4.66. The topological polar surface area (TPSA) is 24.1 Å². The average Bonchev–Trinajstić information content (AvgIpc) is 1.41. The number of nitrogens with one attached hydrogen (secondary N) is 2. The van der Waals surface area contributed by atoms with Gasteiger partial charge in [0.2, 0.25) is 0 Å². The molecule has 5 heavy (non-hydrogen) atoms.